The van der Waals surface area contributed by atoms with Crippen molar-refractivity contribution >= 4 is 5.69 Å². The van der Waals surface area contributed by atoms with Crippen LogP contribution in [-0.2, 0) is 11.3 Å². The summed E-state index contributed by atoms with van der Waals surface area (Å²) in [5.74, 6) is 2.55. The van der Waals surface area contributed by atoms with Gasteiger partial charge in [0.05, 0.1) is 17.1 Å². The molecule has 0 fully saturated rings. The van der Waals surface area contributed by atoms with Crippen LogP contribution in [0.1, 0.15) is 17.2 Å². The molecular formula is C16H13NO3. The summed E-state index contributed by atoms with van der Waals surface area (Å²) in [6.45, 7) is 0.0981. The molecule has 0 aromatic heterocycles. The molecule has 0 saturated heterocycles. The minimum atomic E-state index is -0.518. The van der Waals surface area contributed by atoms with Gasteiger partial charge in [-0.3, -0.25) is 10.1 Å². The number of rotatable bonds is 5. The van der Waals surface area contributed by atoms with Crippen molar-refractivity contribution in [2.45, 2.75) is 12.7 Å². The molecule has 0 saturated carbocycles. The Balaban J connectivity index is 2.12. The van der Waals surface area contributed by atoms with Crippen molar-refractivity contribution in [1.82, 2.24) is 0 Å². The van der Waals surface area contributed by atoms with E-state index in [9.17, 15) is 10.1 Å². The highest BCUT2D eigenvalue weighted by atomic mass is 16.6. The molecule has 100 valence electrons. The van der Waals surface area contributed by atoms with E-state index in [1.807, 2.05) is 30.3 Å². The number of ether oxygens (including phenoxy) is 1. The maximum Gasteiger partial charge on any atom is 0.274 e. The van der Waals surface area contributed by atoms with E-state index < -0.39 is 11.0 Å². The van der Waals surface area contributed by atoms with Crippen LogP contribution in [0, 0.1) is 22.5 Å². The Hall–Kier alpha value is -2.64. The van der Waals surface area contributed by atoms with Crippen LogP contribution in [0.2, 0.25) is 0 Å². The minimum Gasteiger partial charge on any atom is -0.356 e. The van der Waals surface area contributed by atoms with E-state index in [0.29, 0.717) is 5.56 Å². The zero-order valence-electron chi connectivity index (χ0n) is 10.7. The molecule has 0 spiro atoms. The zero-order chi connectivity index (χ0) is 14.4. The van der Waals surface area contributed by atoms with Crippen molar-refractivity contribution in [3.05, 3.63) is 75.8 Å². The van der Waals surface area contributed by atoms with Gasteiger partial charge < -0.3 is 4.74 Å². The average Bonchev–Trinajstić information content (AvgIpc) is 2.49. The van der Waals surface area contributed by atoms with Crippen LogP contribution >= 0.6 is 0 Å². The molecular weight excluding hydrogens is 254 g/mol. The van der Waals surface area contributed by atoms with Gasteiger partial charge in [0.15, 0.2) is 0 Å². The lowest BCUT2D eigenvalue weighted by Gasteiger charge is -2.12. The van der Waals surface area contributed by atoms with Crippen LogP contribution in [0.25, 0.3) is 0 Å². The average molecular weight is 267 g/mol. The number of benzene rings is 2. The predicted octanol–water partition coefficient (Wildman–Crippen LogP) is 3.49. The van der Waals surface area contributed by atoms with Gasteiger partial charge in [0.25, 0.3) is 5.69 Å². The van der Waals surface area contributed by atoms with Gasteiger partial charge >= 0.3 is 0 Å². The summed E-state index contributed by atoms with van der Waals surface area (Å²) in [5.41, 5.74) is 1.40. The maximum atomic E-state index is 10.9. The second-order valence-electron chi connectivity index (χ2n) is 4.15. The standard InChI is InChI=1S/C16H13NO3/c1-2-16(13-8-4-3-5-9-13)20-12-14-10-6-7-11-15(14)17(18)19/h1,3-11,16H,12H2. The lowest BCUT2D eigenvalue weighted by molar-refractivity contribution is -0.386. The van der Waals surface area contributed by atoms with Gasteiger partial charge in [-0.25, -0.2) is 0 Å². The largest absolute Gasteiger partial charge is 0.356 e. The Bertz CT molecular complexity index is 632. The fourth-order valence-corrected chi connectivity index (χ4v) is 1.85. The molecule has 2 aromatic rings. The van der Waals surface area contributed by atoms with E-state index in [4.69, 9.17) is 11.2 Å². The van der Waals surface area contributed by atoms with Crippen LogP contribution in [0.5, 0.6) is 0 Å². The highest BCUT2D eigenvalue weighted by Crippen LogP contribution is 2.22. The van der Waals surface area contributed by atoms with Crippen LogP contribution in [0.3, 0.4) is 0 Å². The van der Waals surface area contributed by atoms with Crippen LogP contribution in [0.15, 0.2) is 54.6 Å². The lowest BCUT2D eigenvalue weighted by Crippen LogP contribution is -2.04. The Kier molecular flexibility index (Phi) is 4.48. The van der Waals surface area contributed by atoms with Gasteiger partial charge in [0.2, 0.25) is 0 Å². The van der Waals surface area contributed by atoms with Crippen molar-refractivity contribution in [1.29, 1.82) is 0 Å². The van der Waals surface area contributed by atoms with E-state index >= 15 is 0 Å². The summed E-state index contributed by atoms with van der Waals surface area (Å²) in [4.78, 5) is 10.5. The molecule has 0 aliphatic carbocycles. The topological polar surface area (TPSA) is 52.4 Å². The van der Waals surface area contributed by atoms with E-state index in [1.54, 1.807) is 18.2 Å². The molecule has 0 aliphatic rings. The first kappa shape index (κ1) is 13.8. The summed E-state index contributed by atoms with van der Waals surface area (Å²) in [5, 5.41) is 10.9. The Morgan fingerprint density at radius 2 is 1.80 bits per heavy atom. The summed E-state index contributed by atoms with van der Waals surface area (Å²) in [6.07, 6.45) is 4.94. The van der Waals surface area contributed by atoms with Crippen LogP contribution in [-0.4, -0.2) is 4.92 Å². The summed E-state index contributed by atoms with van der Waals surface area (Å²) in [7, 11) is 0. The normalized spacial score (nSPS) is 11.6. The molecule has 4 nitrogen and oxygen atoms in total. The number of nitro groups is 1. The number of nitrogens with zero attached hydrogens (tertiary/aromatic N) is 1. The molecule has 1 unspecified atom stereocenters. The molecule has 0 bridgehead atoms. The number of terminal acetylenes is 1. The van der Waals surface area contributed by atoms with Gasteiger partial charge in [-0.1, -0.05) is 48.4 Å². The predicted molar refractivity (Wildman–Crippen MR) is 75.9 cm³/mol. The fraction of sp³-hybridized carbons (Fsp3) is 0.125. The Labute approximate surface area is 117 Å². The fourth-order valence-electron chi connectivity index (χ4n) is 1.85. The van der Waals surface area contributed by atoms with Gasteiger partial charge in [-0.05, 0) is 11.6 Å². The third kappa shape index (κ3) is 3.22. The summed E-state index contributed by atoms with van der Waals surface area (Å²) < 4.78 is 5.61. The molecule has 20 heavy (non-hydrogen) atoms. The van der Waals surface area contributed by atoms with Crippen molar-refractivity contribution in [2.24, 2.45) is 0 Å². The molecule has 0 N–H and O–H groups in total. The second kappa shape index (κ2) is 6.50. The number of hydrogen-bond acceptors (Lipinski definition) is 3. The van der Waals surface area contributed by atoms with Gasteiger partial charge in [-0.2, -0.15) is 0 Å². The second-order valence-corrected chi connectivity index (χ2v) is 4.15. The summed E-state index contributed by atoms with van der Waals surface area (Å²) >= 11 is 0. The van der Waals surface area contributed by atoms with E-state index in [0.717, 1.165) is 5.56 Å². The number of para-hydroxylation sites is 1. The van der Waals surface area contributed by atoms with Gasteiger partial charge in [-0.15, -0.1) is 6.42 Å². The van der Waals surface area contributed by atoms with Crippen molar-refractivity contribution in [2.75, 3.05) is 0 Å². The monoisotopic (exact) mass is 267 g/mol. The number of hydrogen-bond donors (Lipinski definition) is 0. The lowest BCUT2D eigenvalue weighted by atomic mass is 10.1. The van der Waals surface area contributed by atoms with Crippen molar-refractivity contribution < 1.29 is 9.66 Å². The van der Waals surface area contributed by atoms with E-state index in [1.165, 1.54) is 6.07 Å². The molecule has 2 aromatic carbocycles. The van der Waals surface area contributed by atoms with Crippen LogP contribution < -0.4 is 0 Å². The molecule has 0 radical (unpaired) electrons. The molecule has 2 rings (SSSR count). The van der Waals surface area contributed by atoms with Crippen LogP contribution in [0.4, 0.5) is 5.69 Å². The molecule has 0 heterocycles. The van der Waals surface area contributed by atoms with E-state index in [-0.39, 0.29) is 12.3 Å². The third-order valence-corrected chi connectivity index (χ3v) is 2.85. The molecule has 0 amide bonds. The first-order valence-electron chi connectivity index (χ1n) is 6.07. The highest BCUT2D eigenvalue weighted by molar-refractivity contribution is 5.39. The van der Waals surface area contributed by atoms with Crippen molar-refractivity contribution in [3.8, 4) is 12.3 Å². The highest BCUT2D eigenvalue weighted by Gasteiger charge is 2.15. The SMILES string of the molecule is C#CC(OCc1ccccc1[N+](=O)[O-])c1ccccc1. The van der Waals surface area contributed by atoms with Gasteiger partial charge in [0.1, 0.15) is 6.10 Å². The first-order chi connectivity index (χ1) is 9.72. The third-order valence-electron chi connectivity index (χ3n) is 2.85. The molecule has 4 heteroatoms. The van der Waals surface area contributed by atoms with Gasteiger partial charge in [0, 0.05) is 6.07 Å². The molecule has 0 aliphatic heterocycles. The smallest absolute Gasteiger partial charge is 0.274 e. The Morgan fingerprint density at radius 1 is 1.15 bits per heavy atom. The summed E-state index contributed by atoms with van der Waals surface area (Å²) in [6, 6.07) is 15.8. The Morgan fingerprint density at radius 3 is 2.45 bits per heavy atom. The first-order valence-corrected chi connectivity index (χ1v) is 6.07. The zero-order valence-corrected chi connectivity index (χ0v) is 10.7. The number of nitro benzene ring substituents is 1. The maximum absolute atomic E-state index is 10.9. The minimum absolute atomic E-state index is 0.0383. The quantitative estimate of drug-likeness (QED) is 0.473. The molecule has 1 atom stereocenters. The van der Waals surface area contributed by atoms with E-state index in [2.05, 4.69) is 5.92 Å². The van der Waals surface area contributed by atoms with Crippen molar-refractivity contribution in [3.63, 3.8) is 0 Å².